The molecule has 3 heteroatoms. The van der Waals surface area contributed by atoms with Gasteiger partial charge in [0.1, 0.15) is 5.75 Å². The van der Waals surface area contributed by atoms with Crippen LogP contribution in [-0.4, -0.2) is 24.4 Å². The van der Waals surface area contributed by atoms with Gasteiger partial charge in [-0.2, -0.15) is 0 Å². The van der Waals surface area contributed by atoms with Crippen LogP contribution in [0.1, 0.15) is 38.4 Å². The monoisotopic (exact) mass is 250 g/mol. The average molecular weight is 250 g/mol. The molecule has 1 saturated heterocycles. The van der Waals surface area contributed by atoms with Gasteiger partial charge in [-0.05, 0) is 50.3 Å². The van der Waals surface area contributed by atoms with Gasteiger partial charge in [-0.1, -0.05) is 12.1 Å². The summed E-state index contributed by atoms with van der Waals surface area (Å²) in [4.78, 5) is 0. The number of rotatable bonds is 4. The quantitative estimate of drug-likeness (QED) is 0.893. The molecular formula is C15H22O3. The van der Waals surface area contributed by atoms with Gasteiger partial charge in [0.15, 0.2) is 0 Å². The maximum atomic E-state index is 10.4. The van der Waals surface area contributed by atoms with Crippen molar-refractivity contribution in [1.82, 2.24) is 0 Å². The molecule has 1 N–H and O–H groups in total. The van der Waals surface area contributed by atoms with Crippen molar-refractivity contribution < 1.29 is 14.6 Å². The van der Waals surface area contributed by atoms with E-state index in [2.05, 4.69) is 0 Å². The SMILES string of the molecule is CC(C)Oc1cccc(C(O)C2CCOCC2)c1. The van der Waals surface area contributed by atoms with E-state index in [-0.39, 0.29) is 6.10 Å². The van der Waals surface area contributed by atoms with Crippen molar-refractivity contribution in [3.8, 4) is 5.75 Å². The van der Waals surface area contributed by atoms with Gasteiger partial charge < -0.3 is 14.6 Å². The van der Waals surface area contributed by atoms with Crippen molar-refractivity contribution in [1.29, 1.82) is 0 Å². The fraction of sp³-hybridized carbons (Fsp3) is 0.600. The summed E-state index contributed by atoms with van der Waals surface area (Å²) in [6.45, 7) is 5.51. The topological polar surface area (TPSA) is 38.7 Å². The van der Waals surface area contributed by atoms with E-state index in [9.17, 15) is 5.11 Å². The van der Waals surface area contributed by atoms with Gasteiger partial charge in [-0.25, -0.2) is 0 Å². The van der Waals surface area contributed by atoms with E-state index in [4.69, 9.17) is 9.47 Å². The molecule has 2 rings (SSSR count). The van der Waals surface area contributed by atoms with Crippen LogP contribution in [0.3, 0.4) is 0 Å². The van der Waals surface area contributed by atoms with Crippen LogP contribution < -0.4 is 4.74 Å². The van der Waals surface area contributed by atoms with Crippen molar-refractivity contribution in [3.63, 3.8) is 0 Å². The summed E-state index contributed by atoms with van der Waals surface area (Å²) < 4.78 is 11.0. The number of ether oxygens (including phenoxy) is 2. The molecule has 0 amide bonds. The predicted molar refractivity (Wildman–Crippen MR) is 70.7 cm³/mol. The molecule has 1 heterocycles. The molecule has 0 saturated carbocycles. The Morgan fingerprint density at radius 3 is 2.67 bits per heavy atom. The van der Waals surface area contributed by atoms with Crippen molar-refractivity contribution >= 4 is 0 Å². The van der Waals surface area contributed by atoms with Gasteiger partial charge in [0.05, 0.1) is 12.2 Å². The summed E-state index contributed by atoms with van der Waals surface area (Å²) in [7, 11) is 0. The Balaban J connectivity index is 2.06. The molecule has 0 bridgehead atoms. The van der Waals surface area contributed by atoms with Crippen LogP contribution in [-0.2, 0) is 4.74 Å². The third kappa shape index (κ3) is 3.47. The lowest BCUT2D eigenvalue weighted by Crippen LogP contribution is -2.22. The van der Waals surface area contributed by atoms with E-state index in [0.717, 1.165) is 37.4 Å². The second-order valence-corrected chi connectivity index (χ2v) is 5.13. The first-order valence-corrected chi connectivity index (χ1v) is 6.69. The summed E-state index contributed by atoms with van der Waals surface area (Å²) in [6.07, 6.45) is 1.59. The van der Waals surface area contributed by atoms with Gasteiger partial charge in [0, 0.05) is 13.2 Å². The molecule has 1 aromatic carbocycles. The molecule has 1 unspecified atom stereocenters. The van der Waals surface area contributed by atoms with Crippen LogP contribution in [0.15, 0.2) is 24.3 Å². The summed E-state index contributed by atoms with van der Waals surface area (Å²) in [6, 6.07) is 7.78. The molecule has 18 heavy (non-hydrogen) atoms. The van der Waals surface area contributed by atoms with Crippen LogP contribution >= 0.6 is 0 Å². The fourth-order valence-corrected chi connectivity index (χ4v) is 2.35. The van der Waals surface area contributed by atoms with E-state index in [1.54, 1.807) is 0 Å². The highest BCUT2D eigenvalue weighted by molar-refractivity contribution is 5.30. The minimum atomic E-state index is -0.412. The van der Waals surface area contributed by atoms with Gasteiger partial charge in [-0.15, -0.1) is 0 Å². The van der Waals surface area contributed by atoms with Crippen molar-refractivity contribution in [3.05, 3.63) is 29.8 Å². The second kappa shape index (κ2) is 6.21. The van der Waals surface area contributed by atoms with Gasteiger partial charge in [0.25, 0.3) is 0 Å². The summed E-state index contributed by atoms with van der Waals surface area (Å²) in [5, 5.41) is 10.4. The number of hydrogen-bond acceptors (Lipinski definition) is 3. The Labute approximate surface area is 109 Å². The molecule has 100 valence electrons. The minimum absolute atomic E-state index is 0.153. The third-order valence-corrected chi connectivity index (χ3v) is 3.28. The van der Waals surface area contributed by atoms with Gasteiger partial charge >= 0.3 is 0 Å². The highest BCUT2D eigenvalue weighted by Gasteiger charge is 2.23. The smallest absolute Gasteiger partial charge is 0.120 e. The molecule has 3 nitrogen and oxygen atoms in total. The maximum Gasteiger partial charge on any atom is 0.120 e. The van der Waals surface area contributed by atoms with E-state index < -0.39 is 6.10 Å². The number of aliphatic hydroxyl groups excluding tert-OH is 1. The Morgan fingerprint density at radius 1 is 1.28 bits per heavy atom. The van der Waals surface area contributed by atoms with Crippen LogP contribution in [0.25, 0.3) is 0 Å². The molecule has 1 aliphatic rings. The summed E-state index contributed by atoms with van der Waals surface area (Å²) in [5.74, 6) is 1.13. The molecule has 0 spiro atoms. The summed E-state index contributed by atoms with van der Waals surface area (Å²) >= 11 is 0. The lowest BCUT2D eigenvalue weighted by Gasteiger charge is -2.27. The number of hydrogen-bond donors (Lipinski definition) is 1. The van der Waals surface area contributed by atoms with Crippen LogP contribution in [0, 0.1) is 5.92 Å². The van der Waals surface area contributed by atoms with E-state index in [0.29, 0.717) is 5.92 Å². The van der Waals surface area contributed by atoms with Crippen LogP contribution in [0.2, 0.25) is 0 Å². The maximum absolute atomic E-state index is 10.4. The lowest BCUT2D eigenvalue weighted by atomic mass is 9.89. The fourth-order valence-electron chi connectivity index (χ4n) is 2.35. The molecule has 1 atom stereocenters. The zero-order chi connectivity index (χ0) is 13.0. The van der Waals surface area contributed by atoms with Crippen LogP contribution in [0.5, 0.6) is 5.75 Å². The second-order valence-electron chi connectivity index (χ2n) is 5.13. The average Bonchev–Trinajstić information content (AvgIpc) is 2.38. The first-order valence-electron chi connectivity index (χ1n) is 6.69. The molecule has 0 aromatic heterocycles. The Kier molecular flexibility index (Phi) is 4.61. The molecule has 0 radical (unpaired) electrons. The molecule has 0 aliphatic carbocycles. The Bertz CT molecular complexity index is 370. The standard InChI is InChI=1S/C15H22O3/c1-11(2)18-14-5-3-4-13(10-14)15(16)12-6-8-17-9-7-12/h3-5,10-12,15-16H,6-9H2,1-2H3. The van der Waals surface area contributed by atoms with Crippen LogP contribution in [0.4, 0.5) is 0 Å². The third-order valence-electron chi connectivity index (χ3n) is 3.28. The van der Waals surface area contributed by atoms with Crippen molar-refractivity contribution in [2.75, 3.05) is 13.2 Å². The van der Waals surface area contributed by atoms with Crippen molar-refractivity contribution in [2.45, 2.75) is 38.9 Å². The molecule has 1 fully saturated rings. The molecule has 1 aromatic rings. The Hall–Kier alpha value is -1.06. The minimum Gasteiger partial charge on any atom is -0.491 e. The van der Waals surface area contributed by atoms with Gasteiger partial charge in [0.2, 0.25) is 0 Å². The number of aliphatic hydroxyl groups is 1. The van der Waals surface area contributed by atoms with E-state index in [1.807, 2.05) is 38.1 Å². The van der Waals surface area contributed by atoms with Crippen molar-refractivity contribution in [2.24, 2.45) is 5.92 Å². The first kappa shape index (κ1) is 13.4. The summed E-state index contributed by atoms with van der Waals surface area (Å²) in [5.41, 5.74) is 0.944. The normalized spacial score (nSPS) is 18.9. The zero-order valence-corrected chi connectivity index (χ0v) is 11.1. The van der Waals surface area contributed by atoms with Gasteiger partial charge in [-0.3, -0.25) is 0 Å². The molecule has 1 aliphatic heterocycles. The predicted octanol–water partition coefficient (Wildman–Crippen LogP) is 2.93. The van der Waals surface area contributed by atoms with E-state index >= 15 is 0 Å². The van der Waals surface area contributed by atoms with E-state index in [1.165, 1.54) is 0 Å². The molecular weight excluding hydrogens is 228 g/mol. The lowest BCUT2D eigenvalue weighted by molar-refractivity contribution is 0.00708. The first-order chi connectivity index (χ1) is 8.66. The zero-order valence-electron chi connectivity index (χ0n) is 11.1. The highest BCUT2D eigenvalue weighted by atomic mass is 16.5. The number of benzene rings is 1. The largest absolute Gasteiger partial charge is 0.491 e. The Morgan fingerprint density at radius 2 is 2.00 bits per heavy atom. The highest BCUT2D eigenvalue weighted by Crippen LogP contribution is 2.31.